The Kier molecular flexibility index (Phi) is 4.14. The molecule has 1 unspecified atom stereocenters. The van der Waals surface area contributed by atoms with Gasteiger partial charge in [0.1, 0.15) is 5.52 Å². The molecule has 0 radical (unpaired) electrons. The summed E-state index contributed by atoms with van der Waals surface area (Å²) in [5.74, 6) is 0.789. The van der Waals surface area contributed by atoms with E-state index >= 15 is 0 Å². The third kappa shape index (κ3) is 3.39. The lowest BCUT2D eigenvalue weighted by Crippen LogP contribution is -2.41. The van der Waals surface area contributed by atoms with E-state index in [4.69, 9.17) is 4.42 Å². The van der Waals surface area contributed by atoms with Gasteiger partial charge in [0.25, 0.3) is 0 Å². The Labute approximate surface area is 135 Å². The largest absolute Gasteiger partial charge is 0.441 e. The molecule has 6 nitrogen and oxygen atoms in total. The van der Waals surface area contributed by atoms with Crippen molar-refractivity contribution in [3.05, 3.63) is 29.7 Å². The average Bonchev–Trinajstić information content (AvgIpc) is 3.00. The van der Waals surface area contributed by atoms with E-state index in [1.807, 2.05) is 25.1 Å². The predicted molar refractivity (Wildman–Crippen MR) is 86.9 cm³/mol. The van der Waals surface area contributed by atoms with Crippen molar-refractivity contribution in [2.45, 2.75) is 32.7 Å². The number of benzene rings is 1. The second-order valence-corrected chi connectivity index (χ2v) is 8.18. The van der Waals surface area contributed by atoms with Gasteiger partial charge < -0.3 is 9.32 Å². The van der Waals surface area contributed by atoms with Crippen LogP contribution in [0.5, 0.6) is 0 Å². The lowest BCUT2D eigenvalue weighted by atomic mass is 10.1. The van der Waals surface area contributed by atoms with Gasteiger partial charge in [-0.05, 0) is 31.0 Å². The molecule has 1 atom stereocenters. The van der Waals surface area contributed by atoms with E-state index in [1.54, 1.807) is 11.8 Å². The molecule has 1 amide bonds. The van der Waals surface area contributed by atoms with Crippen molar-refractivity contribution in [2.75, 3.05) is 18.1 Å². The number of aryl methyl sites for hydroxylation is 1. The lowest BCUT2D eigenvalue weighted by Gasteiger charge is -2.27. The van der Waals surface area contributed by atoms with Crippen LogP contribution in [0.4, 0.5) is 0 Å². The number of amides is 1. The molecule has 1 saturated heterocycles. The number of fused-ring (bicyclic) bond motifs is 1. The van der Waals surface area contributed by atoms with E-state index in [-0.39, 0.29) is 29.9 Å². The summed E-state index contributed by atoms with van der Waals surface area (Å²) in [6.07, 6.45) is 0.766. The van der Waals surface area contributed by atoms with Crippen LogP contribution < -0.4 is 0 Å². The van der Waals surface area contributed by atoms with Crippen molar-refractivity contribution in [2.24, 2.45) is 0 Å². The number of likely N-dealkylation sites (N-methyl/N-ethyl adjacent to an activating group) is 1. The molecule has 2 heterocycles. The second-order valence-electron chi connectivity index (χ2n) is 5.95. The summed E-state index contributed by atoms with van der Waals surface area (Å²) >= 11 is 0. The molecule has 0 saturated carbocycles. The third-order valence-electron chi connectivity index (χ3n) is 4.23. The van der Waals surface area contributed by atoms with Gasteiger partial charge >= 0.3 is 0 Å². The zero-order valence-corrected chi connectivity index (χ0v) is 14.1. The highest BCUT2D eigenvalue weighted by molar-refractivity contribution is 7.91. The molecular weight excluding hydrogens is 316 g/mol. The first-order chi connectivity index (χ1) is 10.9. The summed E-state index contributed by atoms with van der Waals surface area (Å²) in [5, 5.41) is 0. The van der Waals surface area contributed by atoms with Gasteiger partial charge in [-0.25, -0.2) is 13.4 Å². The molecule has 0 bridgehead atoms. The normalized spacial score (nSPS) is 20.0. The highest BCUT2D eigenvalue weighted by Gasteiger charge is 2.33. The highest BCUT2D eigenvalue weighted by Crippen LogP contribution is 2.21. The fourth-order valence-electron chi connectivity index (χ4n) is 3.13. The molecule has 23 heavy (non-hydrogen) atoms. The number of sulfone groups is 1. The van der Waals surface area contributed by atoms with E-state index in [9.17, 15) is 13.2 Å². The van der Waals surface area contributed by atoms with Crippen molar-refractivity contribution in [3.8, 4) is 0 Å². The first-order valence-corrected chi connectivity index (χ1v) is 9.56. The highest BCUT2D eigenvalue weighted by atomic mass is 32.2. The lowest BCUT2D eigenvalue weighted by molar-refractivity contribution is -0.132. The maximum Gasteiger partial charge on any atom is 0.227 e. The van der Waals surface area contributed by atoms with Crippen LogP contribution in [0.25, 0.3) is 11.1 Å². The summed E-state index contributed by atoms with van der Waals surface area (Å²) in [7, 11) is -3.00. The number of hydrogen-bond acceptors (Lipinski definition) is 5. The van der Waals surface area contributed by atoms with Gasteiger partial charge in [-0.3, -0.25) is 4.79 Å². The van der Waals surface area contributed by atoms with Crippen LogP contribution in [0.15, 0.2) is 22.6 Å². The van der Waals surface area contributed by atoms with E-state index in [1.165, 1.54) is 0 Å². The average molecular weight is 336 g/mol. The molecule has 0 spiro atoms. The van der Waals surface area contributed by atoms with Crippen LogP contribution in [0.3, 0.4) is 0 Å². The van der Waals surface area contributed by atoms with Crippen LogP contribution >= 0.6 is 0 Å². The number of hydrogen-bond donors (Lipinski definition) is 0. The molecule has 1 aromatic carbocycles. The fourth-order valence-corrected chi connectivity index (χ4v) is 4.86. The summed E-state index contributed by atoms with van der Waals surface area (Å²) in [4.78, 5) is 18.5. The SMILES string of the molecule is CCN(C(=O)Cc1ccc2nc(C)oc2c1)C1CCS(=O)(=O)C1. The smallest absolute Gasteiger partial charge is 0.227 e. The number of nitrogens with zero attached hydrogens (tertiary/aromatic N) is 2. The van der Waals surface area contributed by atoms with E-state index in [2.05, 4.69) is 4.98 Å². The maximum absolute atomic E-state index is 12.6. The van der Waals surface area contributed by atoms with Crippen LogP contribution in [0, 0.1) is 6.92 Å². The predicted octanol–water partition coefficient (Wildman–Crippen LogP) is 1.71. The molecule has 1 aromatic heterocycles. The second kappa shape index (κ2) is 5.96. The molecule has 1 fully saturated rings. The number of rotatable bonds is 4. The molecular formula is C16H20N2O4S. The van der Waals surface area contributed by atoms with Crippen LogP contribution in [0.2, 0.25) is 0 Å². The minimum Gasteiger partial charge on any atom is -0.441 e. The first-order valence-electron chi connectivity index (χ1n) is 7.74. The van der Waals surface area contributed by atoms with Crippen molar-refractivity contribution in [1.29, 1.82) is 0 Å². The van der Waals surface area contributed by atoms with Gasteiger partial charge in [-0.2, -0.15) is 0 Å². The van der Waals surface area contributed by atoms with Crippen molar-refractivity contribution in [3.63, 3.8) is 0 Å². The van der Waals surface area contributed by atoms with E-state index in [0.717, 1.165) is 11.1 Å². The van der Waals surface area contributed by atoms with Crippen molar-refractivity contribution < 1.29 is 17.6 Å². The molecule has 7 heteroatoms. The maximum atomic E-state index is 12.6. The number of carbonyl (C=O) groups is 1. The number of carbonyl (C=O) groups excluding carboxylic acids is 1. The summed E-state index contributed by atoms with van der Waals surface area (Å²) < 4.78 is 28.8. The van der Waals surface area contributed by atoms with Crippen LogP contribution in [0.1, 0.15) is 24.8 Å². The quantitative estimate of drug-likeness (QED) is 0.849. The summed E-state index contributed by atoms with van der Waals surface area (Å²) in [6.45, 7) is 4.18. The zero-order chi connectivity index (χ0) is 16.6. The van der Waals surface area contributed by atoms with Gasteiger partial charge in [0.15, 0.2) is 21.3 Å². The Balaban J connectivity index is 1.75. The Morgan fingerprint density at radius 3 is 2.87 bits per heavy atom. The zero-order valence-electron chi connectivity index (χ0n) is 13.3. The Hall–Kier alpha value is -1.89. The first kappa shape index (κ1) is 16.0. The molecule has 0 N–H and O–H groups in total. The summed E-state index contributed by atoms with van der Waals surface area (Å²) in [6, 6.07) is 5.33. The fraction of sp³-hybridized carbons (Fsp3) is 0.500. The third-order valence-corrected chi connectivity index (χ3v) is 5.98. The number of aromatic nitrogens is 1. The topological polar surface area (TPSA) is 80.5 Å². The van der Waals surface area contributed by atoms with Gasteiger partial charge in [-0.1, -0.05) is 6.07 Å². The van der Waals surface area contributed by atoms with Gasteiger partial charge in [-0.15, -0.1) is 0 Å². The molecule has 124 valence electrons. The van der Waals surface area contributed by atoms with E-state index in [0.29, 0.717) is 24.4 Å². The summed E-state index contributed by atoms with van der Waals surface area (Å²) in [5.41, 5.74) is 2.28. The molecule has 1 aliphatic heterocycles. The Morgan fingerprint density at radius 2 is 2.22 bits per heavy atom. The van der Waals surface area contributed by atoms with Crippen LogP contribution in [-0.2, 0) is 21.1 Å². The molecule has 1 aliphatic rings. The molecule has 0 aliphatic carbocycles. The Morgan fingerprint density at radius 1 is 1.43 bits per heavy atom. The van der Waals surface area contributed by atoms with Gasteiger partial charge in [0.2, 0.25) is 5.91 Å². The monoisotopic (exact) mass is 336 g/mol. The van der Waals surface area contributed by atoms with Crippen molar-refractivity contribution >= 4 is 26.8 Å². The van der Waals surface area contributed by atoms with E-state index < -0.39 is 9.84 Å². The molecule has 2 aromatic rings. The minimum absolute atomic E-state index is 0.0508. The standard InChI is InChI=1S/C16H20N2O4S/c1-3-18(13-6-7-23(20,21)10-13)16(19)9-12-4-5-14-15(8-12)22-11(2)17-14/h4-5,8,13H,3,6-7,9-10H2,1-2H3. The Bertz CT molecular complexity index is 841. The van der Waals surface area contributed by atoms with Gasteiger partial charge in [0.05, 0.1) is 17.9 Å². The number of oxazole rings is 1. The van der Waals surface area contributed by atoms with Crippen LogP contribution in [-0.4, -0.2) is 48.3 Å². The minimum atomic E-state index is -3.00. The molecule has 3 rings (SSSR count). The van der Waals surface area contributed by atoms with Crippen molar-refractivity contribution in [1.82, 2.24) is 9.88 Å². The van der Waals surface area contributed by atoms with Gasteiger partial charge in [0, 0.05) is 19.5 Å².